The molecule has 0 unspecified atom stereocenters. The number of nitrogens with zero attached hydrogens (tertiary/aromatic N) is 1. The molecule has 1 aromatic heterocycles. The summed E-state index contributed by atoms with van der Waals surface area (Å²) in [4.78, 5) is 0. The number of aliphatic hydroxyl groups is 1. The van der Waals surface area contributed by atoms with Crippen LogP contribution in [0.3, 0.4) is 0 Å². The average molecular weight is 447 g/mol. The molecular weight excluding hydrogens is 425 g/mol. The molecule has 0 fully saturated rings. The Hall–Kier alpha value is -2.80. The van der Waals surface area contributed by atoms with E-state index in [0.29, 0.717) is 16.5 Å². The van der Waals surface area contributed by atoms with E-state index in [1.54, 1.807) is 29.9 Å². The van der Waals surface area contributed by atoms with Crippen molar-refractivity contribution in [2.45, 2.75) is 12.1 Å². The van der Waals surface area contributed by atoms with Crippen LogP contribution in [0.4, 0.5) is 13.2 Å². The van der Waals surface area contributed by atoms with Gasteiger partial charge < -0.3 is 15.0 Å². The number of hydrogen-bond acceptors (Lipinski definition) is 2. The summed E-state index contributed by atoms with van der Waals surface area (Å²) in [6.07, 6.45) is 0.801. The molecule has 0 radical (unpaired) electrons. The Morgan fingerprint density at radius 3 is 2.39 bits per heavy atom. The minimum atomic E-state index is -0.891. The summed E-state index contributed by atoms with van der Waals surface area (Å²) in [5.74, 6) is -1.50. The van der Waals surface area contributed by atoms with E-state index >= 15 is 0 Å². The predicted octanol–water partition coefficient (Wildman–Crippen LogP) is 5.32. The number of para-hydroxylation sites is 1. The van der Waals surface area contributed by atoms with Crippen molar-refractivity contribution in [3.63, 3.8) is 0 Å². The summed E-state index contributed by atoms with van der Waals surface area (Å²) in [6, 6.07) is 16.0. The fourth-order valence-corrected chi connectivity index (χ4v) is 3.93. The fourth-order valence-electron chi connectivity index (χ4n) is 3.93. The standard InChI is InChI=1S/C24H21F3N2O.ClH/c1-28-13-23(30)24(15-5-4-6-16(25)11-15)29-14-20(18-7-2-3-8-22(18)29)19-12-17(26)9-10-21(19)27;/h2-12,14,23-24,28,30H,13H2,1H3;1H/t23-,24+;/m1./s1. The molecule has 0 bridgehead atoms. The zero-order valence-corrected chi connectivity index (χ0v) is 17.5. The van der Waals surface area contributed by atoms with E-state index in [-0.39, 0.29) is 24.5 Å². The number of aromatic nitrogens is 1. The molecule has 3 aromatic carbocycles. The Morgan fingerprint density at radius 2 is 1.65 bits per heavy atom. The van der Waals surface area contributed by atoms with Crippen LogP contribution in [0, 0.1) is 17.5 Å². The topological polar surface area (TPSA) is 37.2 Å². The number of benzene rings is 3. The second kappa shape index (κ2) is 9.56. The Balaban J connectivity index is 0.00000272. The van der Waals surface area contributed by atoms with Crippen LogP contribution in [0.25, 0.3) is 22.0 Å². The largest absolute Gasteiger partial charge is 0.389 e. The second-order valence-corrected chi connectivity index (χ2v) is 7.22. The lowest BCUT2D eigenvalue weighted by Gasteiger charge is -2.26. The third-order valence-electron chi connectivity index (χ3n) is 5.23. The SMILES string of the molecule is CNC[C@@H](O)[C@H](c1cccc(F)c1)n1cc(-c2cc(F)ccc2F)c2ccccc21.Cl. The molecule has 0 saturated carbocycles. The number of aliphatic hydroxyl groups excluding tert-OH is 1. The molecule has 1 heterocycles. The molecule has 0 aliphatic heterocycles. The van der Waals surface area contributed by atoms with Gasteiger partial charge in [0.1, 0.15) is 17.5 Å². The van der Waals surface area contributed by atoms with Gasteiger partial charge in [-0.1, -0.05) is 30.3 Å². The van der Waals surface area contributed by atoms with Crippen molar-refractivity contribution in [2.75, 3.05) is 13.6 Å². The van der Waals surface area contributed by atoms with Gasteiger partial charge in [0.2, 0.25) is 0 Å². The van der Waals surface area contributed by atoms with Crippen LogP contribution in [0.2, 0.25) is 0 Å². The van der Waals surface area contributed by atoms with Crippen molar-refractivity contribution in [3.8, 4) is 11.1 Å². The quantitative estimate of drug-likeness (QED) is 0.421. The molecule has 162 valence electrons. The van der Waals surface area contributed by atoms with Gasteiger partial charge in [0.05, 0.1) is 12.1 Å². The van der Waals surface area contributed by atoms with Gasteiger partial charge in [-0.15, -0.1) is 12.4 Å². The Kier molecular flexibility index (Phi) is 7.05. The van der Waals surface area contributed by atoms with Crippen molar-refractivity contribution in [3.05, 3.63) is 95.9 Å². The maximum atomic E-state index is 14.6. The molecular formula is C24H22ClF3N2O. The maximum absolute atomic E-state index is 14.6. The fraction of sp³-hybridized carbons (Fsp3) is 0.167. The van der Waals surface area contributed by atoms with Crippen LogP contribution >= 0.6 is 12.4 Å². The van der Waals surface area contributed by atoms with Gasteiger partial charge in [0, 0.05) is 34.8 Å². The van der Waals surface area contributed by atoms with Gasteiger partial charge >= 0.3 is 0 Å². The smallest absolute Gasteiger partial charge is 0.131 e. The van der Waals surface area contributed by atoms with Crippen LogP contribution in [0.1, 0.15) is 11.6 Å². The molecule has 3 nitrogen and oxygen atoms in total. The van der Waals surface area contributed by atoms with E-state index in [0.717, 1.165) is 23.7 Å². The normalized spacial score (nSPS) is 13.1. The van der Waals surface area contributed by atoms with Crippen LogP contribution in [-0.2, 0) is 0 Å². The zero-order chi connectivity index (χ0) is 21.3. The monoisotopic (exact) mass is 446 g/mol. The summed E-state index contributed by atoms with van der Waals surface area (Å²) in [5.41, 5.74) is 1.93. The highest BCUT2D eigenvalue weighted by Gasteiger charge is 2.26. The van der Waals surface area contributed by atoms with Crippen molar-refractivity contribution in [1.29, 1.82) is 0 Å². The first-order valence-corrected chi connectivity index (χ1v) is 9.62. The van der Waals surface area contributed by atoms with Crippen LogP contribution in [0.15, 0.2) is 72.9 Å². The Morgan fingerprint density at radius 1 is 0.903 bits per heavy atom. The molecule has 4 rings (SSSR count). The molecule has 0 amide bonds. The number of hydrogen-bond donors (Lipinski definition) is 2. The molecule has 0 spiro atoms. The highest BCUT2D eigenvalue weighted by molar-refractivity contribution is 5.96. The molecule has 0 aliphatic rings. The molecule has 4 aromatic rings. The van der Waals surface area contributed by atoms with Crippen molar-refractivity contribution in [2.24, 2.45) is 0 Å². The summed E-state index contributed by atoms with van der Waals surface area (Å²) >= 11 is 0. The highest BCUT2D eigenvalue weighted by atomic mass is 35.5. The van der Waals surface area contributed by atoms with Crippen molar-refractivity contribution < 1.29 is 18.3 Å². The van der Waals surface area contributed by atoms with Gasteiger partial charge in [0.15, 0.2) is 0 Å². The number of likely N-dealkylation sites (N-methyl/N-ethyl adjacent to an activating group) is 1. The summed E-state index contributed by atoms with van der Waals surface area (Å²) in [5, 5.41) is 14.6. The minimum Gasteiger partial charge on any atom is -0.389 e. The van der Waals surface area contributed by atoms with Gasteiger partial charge in [-0.05, 0) is 49.0 Å². The van der Waals surface area contributed by atoms with E-state index < -0.39 is 29.6 Å². The maximum Gasteiger partial charge on any atom is 0.131 e. The van der Waals surface area contributed by atoms with E-state index in [4.69, 9.17) is 0 Å². The lowest BCUT2D eigenvalue weighted by atomic mass is 10.0. The predicted molar refractivity (Wildman–Crippen MR) is 119 cm³/mol. The summed E-state index contributed by atoms with van der Waals surface area (Å²) < 4.78 is 44.2. The summed E-state index contributed by atoms with van der Waals surface area (Å²) in [6.45, 7) is 0.261. The Labute approximate surface area is 184 Å². The van der Waals surface area contributed by atoms with E-state index in [2.05, 4.69) is 5.32 Å². The van der Waals surface area contributed by atoms with Crippen LogP contribution in [-0.4, -0.2) is 29.4 Å². The molecule has 7 heteroatoms. The third kappa shape index (κ3) is 4.46. The lowest BCUT2D eigenvalue weighted by molar-refractivity contribution is 0.132. The van der Waals surface area contributed by atoms with E-state index in [1.165, 1.54) is 12.1 Å². The second-order valence-electron chi connectivity index (χ2n) is 7.22. The highest BCUT2D eigenvalue weighted by Crippen LogP contribution is 2.36. The van der Waals surface area contributed by atoms with Crippen molar-refractivity contribution >= 4 is 23.3 Å². The average Bonchev–Trinajstić information content (AvgIpc) is 3.10. The van der Waals surface area contributed by atoms with E-state index in [1.807, 2.05) is 24.3 Å². The number of fused-ring (bicyclic) bond motifs is 1. The van der Waals surface area contributed by atoms with Crippen LogP contribution < -0.4 is 5.32 Å². The molecule has 0 aliphatic carbocycles. The number of rotatable bonds is 6. The first-order valence-electron chi connectivity index (χ1n) is 9.62. The summed E-state index contributed by atoms with van der Waals surface area (Å²) in [7, 11) is 1.72. The minimum absolute atomic E-state index is 0. The van der Waals surface area contributed by atoms with Gasteiger partial charge in [-0.25, -0.2) is 13.2 Å². The van der Waals surface area contributed by atoms with Gasteiger partial charge in [0.25, 0.3) is 0 Å². The third-order valence-corrected chi connectivity index (χ3v) is 5.23. The number of halogens is 4. The zero-order valence-electron chi connectivity index (χ0n) is 16.7. The molecule has 2 atom stereocenters. The van der Waals surface area contributed by atoms with Gasteiger partial charge in [-0.2, -0.15) is 0 Å². The number of nitrogens with one attached hydrogen (secondary N) is 1. The molecule has 2 N–H and O–H groups in total. The van der Waals surface area contributed by atoms with Crippen LogP contribution in [0.5, 0.6) is 0 Å². The molecule has 0 saturated heterocycles. The first-order chi connectivity index (χ1) is 14.5. The Bertz CT molecular complexity index is 1190. The van der Waals surface area contributed by atoms with Gasteiger partial charge in [-0.3, -0.25) is 0 Å². The van der Waals surface area contributed by atoms with Crippen molar-refractivity contribution in [1.82, 2.24) is 9.88 Å². The molecule has 31 heavy (non-hydrogen) atoms. The van der Waals surface area contributed by atoms with E-state index in [9.17, 15) is 18.3 Å². The lowest BCUT2D eigenvalue weighted by Crippen LogP contribution is -2.33. The first kappa shape index (κ1) is 22.9.